The maximum Gasteiger partial charge on any atom is 0.340 e. The summed E-state index contributed by atoms with van der Waals surface area (Å²) in [6.07, 6.45) is 0. The summed E-state index contributed by atoms with van der Waals surface area (Å²) in [5, 5.41) is 7.86. The molecular formula is C37H28N2Si. The Morgan fingerprint density at radius 1 is 0.350 bits per heavy atom. The van der Waals surface area contributed by atoms with Crippen LogP contribution in [-0.2, 0) is 0 Å². The van der Waals surface area contributed by atoms with Gasteiger partial charge in [-0.2, -0.15) is 0 Å². The molecule has 0 fully saturated rings. The van der Waals surface area contributed by atoms with E-state index in [0.29, 0.717) is 0 Å². The highest BCUT2D eigenvalue weighted by atomic mass is 28.3. The van der Waals surface area contributed by atoms with Gasteiger partial charge in [-0.25, -0.2) is 0 Å². The van der Waals surface area contributed by atoms with Crippen LogP contribution < -0.4 is 10.4 Å². The smallest absolute Gasteiger partial charge is 0.340 e. The molecule has 0 aliphatic carbocycles. The Bertz CT molecular complexity index is 1950. The molecule has 8 aromatic rings. The van der Waals surface area contributed by atoms with E-state index in [9.17, 15) is 0 Å². The molecule has 0 unspecified atom stereocenters. The van der Waals surface area contributed by atoms with Gasteiger partial charge >= 0.3 is 8.40 Å². The van der Waals surface area contributed by atoms with Crippen LogP contribution in [0.3, 0.4) is 0 Å². The van der Waals surface area contributed by atoms with Crippen molar-refractivity contribution in [1.82, 2.24) is 8.47 Å². The number of para-hydroxylation sites is 4. The second-order valence-electron chi connectivity index (χ2n) is 10.6. The number of rotatable bonds is 4. The Hall–Kier alpha value is -4.86. The number of benzene rings is 6. The summed E-state index contributed by atoms with van der Waals surface area (Å²) in [7, 11) is -3.04. The Labute approximate surface area is 234 Å². The molecule has 3 heteroatoms. The van der Waals surface area contributed by atoms with Gasteiger partial charge in [-0.1, -0.05) is 133 Å². The molecule has 0 aliphatic heterocycles. The molecule has 0 radical (unpaired) electrons. The summed E-state index contributed by atoms with van der Waals surface area (Å²) in [6, 6.07) is 56.3. The van der Waals surface area contributed by atoms with E-state index in [2.05, 4.69) is 167 Å². The number of hydrogen-bond acceptors (Lipinski definition) is 0. The molecule has 40 heavy (non-hydrogen) atoms. The van der Waals surface area contributed by atoms with Crippen molar-refractivity contribution in [2.24, 2.45) is 0 Å². The Kier molecular flexibility index (Phi) is 5.09. The van der Waals surface area contributed by atoms with Crippen LogP contribution in [0.15, 0.2) is 152 Å². The highest BCUT2D eigenvalue weighted by molar-refractivity contribution is 7.01. The fourth-order valence-corrected chi connectivity index (χ4v) is 11.8. The van der Waals surface area contributed by atoms with E-state index in [1.54, 1.807) is 0 Å². The van der Waals surface area contributed by atoms with E-state index in [1.165, 1.54) is 59.5 Å². The van der Waals surface area contributed by atoms with Crippen molar-refractivity contribution in [1.29, 1.82) is 0 Å². The zero-order valence-corrected chi connectivity index (χ0v) is 23.3. The zero-order valence-electron chi connectivity index (χ0n) is 22.3. The SMILES string of the molecule is Cc1ccc([Si](c2ccccc2)(n2c3ccccc3c3ccccc32)n2c3ccccc3c3ccccc32)cc1. The molecule has 2 heterocycles. The molecule has 8 rings (SSSR count). The Balaban J connectivity index is 1.71. The van der Waals surface area contributed by atoms with Crippen LogP contribution in [-0.4, -0.2) is 16.9 Å². The first-order valence-electron chi connectivity index (χ1n) is 13.9. The van der Waals surface area contributed by atoms with Crippen LogP contribution in [0.5, 0.6) is 0 Å². The Morgan fingerprint density at radius 3 is 1.07 bits per heavy atom. The van der Waals surface area contributed by atoms with Crippen molar-refractivity contribution < 1.29 is 0 Å². The third-order valence-electron chi connectivity index (χ3n) is 8.44. The van der Waals surface area contributed by atoms with Crippen molar-refractivity contribution in [3.05, 3.63) is 157 Å². The van der Waals surface area contributed by atoms with Crippen molar-refractivity contribution >= 4 is 62.4 Å². The van der Waals surface area contributed by atoms with Crippen molar-refractivity contribution in [2.75, 3.05) is 0 Å². The van der Waals surface area contributed by atoms with Gasteiger partial charge in [-0.3, -0.25) is 0 Å². The molecule has 0 saturated heterocycles. The first kappa shape index (κ1) is 23.1. The molecular weight excluding hydrogens is 501 g/mol. The van der Waals surface area contributed by atoms with Crippen LogP contribution >= 0.6 is 0 Å². The van der Waals surface area contributed by atoms with Crippen molar-refractivity contribution in [3.63, 3.8) is 0 Å². The minimum atomic E-state index is -3.04. The van der Waals surface area contributed by atoms with Crippen LogP contribution in [0.2, 0.25) is 0 Å². The van der Waals surface area contributed by atoms with Crippen LogP contribution in [0.4, 0.5) is 0 Å². The molecule has 0 atom stereocenters. The standard InChI is InChI=1S/C37H28N2Si/c1-27-23-25-29(26-24-27)40(28-13-3-2-4-14-28,38-34-19-9-5-15-30(34)31-16-6-10-20-35(31)38)39-36-21-11-7-17-32(36)33-18-8-12-22-37(33)39/h2-26H,1H3. The summed E-state index contributed by atoms with van der Waals surface area (Å²) >= 11 is 0. The van der Waals surface area contributed by atoms with Crippen LogP contribution in [0.1, 0.15) is 5.56 Å². The summed E-state index contributed by atoms with van der Waals surface area (Å²) in [4.78, 5) is 0. The maximum atomic E-state index is 2.72. The van der Waals surface area contributed by atoms with Gasteiger partial charge in [-0.05, 0) is 41.6 Å². The Morgan fingerprint density at radius 2 is 0.675 bits per heavy atom. The quantitative estimate of drug-likeness (QED) is 0.206. The summed E-state index contributed by atoms with van der Waals surface area (Å²) in [6.45, 7) is 2.18. The minimum Gasteiger partial charge on any atom is -0.342 e. The third-order valence-corrected chi connectivity index (χ3v) is 13.0. The van der Waals surface area contributed by atoms with Gasteiger partial charge in [0.1, 0.15) is 0 Å². The predicted molar refractivity (Wildman–Crippen MR) is 172 cm³/mol. The van der Waals surface area contributed by atoms with Gasteiger partial charge < -0.3 is 8.47 Å². The molecule has 0 bridgehead atoms. The van der Waals surface area contributed by atoms with Crippen LogP contribution in [0, 0.1) is 6.92 Å². The van der Waals surface area contributed by atoms with Gasteiger partial charge in [0, 0.05) is 43.6 Å². The molecule has 2 nitrogen and oxygen atoms in total. The average molecular weight is 529 g/mol. The van der Waals surface area contributed by atoms with E-state index in [-0.39, 0.29) is 0 Å². The molecule has 0 spiro atoms. The molecule has 0 N–H and O–H groups in total. The van der Waals surface area contributed by atoms with Gasteiger partial charge in [-0.15, -0.1) is 0 Å². The van der Waals surface area contributed by atoms with Crippen molar-refractivity contribution in [3.8, 4) is 0 Å². The number of nitrogens with zero attached hydrogens (tertiary/aromatic N) is 2. The summed E-state index contributed by atoms with van der Waals surface area (Å²) in [5.41, 5.74) is 6.33. The predicted octanol–water partition coefficient (Wildman–Crippen LogP) is 7.86. The fourth-order valence-electron chi connectivity index (χ4n) is 6.78. The molecule has 0 aliphatic rings. The first-order chi connectivity index (χ1) is 19.8. The third kappa shape index (κ3) is 3.10. The summed E-state index contributed by atoms with van der Waals surface area (Å²) < 4.78 is 5.44. The largest absolute Gasteiger partial charge is 0.342 e. The van der Waals surface area contributed by atoms with Gasteiger partial charge in [0.05, 0.1) is 0 Å². The fraction of sp³-hybridized carbons (Fsp3) is 0.0270. The van der Waals surface area contributed by atoms with E-state index in [0.717, 1.165) is 0 Å². The number of hydrogen-bond donors (Lipinski definition) is 0. The molecule has 0 amide bonds. The van der Waals surface area contributed by atoms with E-state index in [4.69, 9.17) is 0 Å². The van der Waals surface area contributed by atoms with Gasteiger partial charge in [0.2, 0.25) is 0 Å². The number of fused-ring (bicyclic) bond motifs is 6. The maximum absolute atomic E-state index is 3.04. The van der Waals surface area contributed by atoms with Gasteiger partial charge in [0.15, 0.2) is 0 Å². The highest BCUT2D eigenvalue weighted by Gasteiger charge is 2.46. The van der Waals surface area contributed by atoms with E-state index >= 15 is 0 Å². The lowest BCUT2D eigenvalue weighted by atomic mass is 10.2. The number of aryl methyl sites for hydroxylation is 1. The first-order valence-corrected chi connectivity index (χ1v) is 15.8. The lowest BCUT2D eigenvalue weighted by molar-refractivity contribution is 1.15. The average Bonchev–Trinajstić information content (AvgIpc) is 3.54. The van der Waals surface area contributed by atoms with E-state index < -0.39 is 8.40 Å². The second-order valence-corrected chi connectivity index (χ2v) is 14.0. The molecule has 0 saturated carbocycles. The van der Waals surface area contributed by atoms with Crippen molar-refractivity contribution in [2.45, 2.75) is 6.92 Å². The monoisotopic (exact) mass is 528 g/mol. The zero-order chi connectivity index (χ0) is 26.7. The molecule has 2 aromatic heterocycles. The second kappa shape index (κ2) is 8.83. The molecule has 6 aromatic carbocycles. The topological polar surface area (TPSA) is 9.86 Å². The minimum absolute atomic E-state index is 1.27. The highest BCUT2D eigenvalue weighted by Crippen LogP contribution is 2.37. The molecule has 190 valence electrons. The number of aromatic nitrogens is 2. The van der Waals surface area contributed by atoms with E-state index in [1.807, 2.05) is 0 Å². The van der Waals surface area contributed by atoms with Crippen LogP contribution in [0.25, 0.3) is 43.6 Å². The lowest BCUT2D eigenvalue weighted by Crippen LogP contribution is -2.69. The van der Waals surface area contributed by atoms with Gasteiger partial charge in [0.25, 0.3) is 0 Å². The summed E-state index contributed by atoms with van der Waals surface area (Å²) in [5.74, 6) is 0. The lowest BCUT2D eigenvalue weighted by Gasteiger charge is -2.38. The normalized spacial score (nSPS) is 12.1.